The first-order chi connectivity index (χ1) is 8.38. The molecule has 0 atom stereocenters. The van der Waals surface area contributed by atoms with Crippen LogP contribution in [0, 0.1) is 11.8 Å². The van der Waals surface area contributed by atoms with Gasteiger partial charge in [0.1, 0.15) is 0 Å². The lowest BCUT2D eigenvalue weighted by Crippen LogP contribution is -2.40. The number of nitrogens with zero attached hydrogens (tertiary/aromatic N) is 1. The van der Waals surface area contributed by atoms with Crippen molar-refractivity contribution in [3.8, 4) is 0 Å². The predicted molar refractivity (Wildman–Crippen MR) is 78.5 cm³/mol. The van der Waals surface area contributed by atoms with E-state index in [2.05, 4.69) is 17.1 Å². The Labute approximate surface area is 118 Å². The topological polar surface area (TPSA) is 24.5 Å². The molecule has 18 heavy (non-hydrogen) atoms. The predicted octanol–water partition coefficient (Wildman–Crippen LogP) is 2.16. The van der Waals surface area contributed by atoms with Crippen molar-refractivity contribution in [1.82, 2.24) is 10.2 Å². The summed E-state index contributed by atoms with van der Waals surface area (Å²) in [6.07, 6.45) is 5.32. The Morgan fingerprint density at radius 2 is 1.72 bits per heavy atom. The maximum Gasteiger partial charge on any atom is 0.0469 e. The first-order valence-electron chi connectivity index (χ1n) is 7.39. The largest absolute Gasteiger partial charge is 0.381 e. The van der Waals surface area contributed by atoms with Crippen LogP contribution < -0.4 is 5.32 Å². The number of ether oxygens (including phenoxy) is 1. The minimum Gasteiger partial charge on any atom is -0.381 e. The summed E-state index contributed by atoms with van der Waals surface area (Å²) in [7, 11) is 0. The van der Waals surface area contributed by atoms with Crippen LogP contribution in [0.3, 0.4) is 0 Å². The van der Waals surface area contributed by atoms with Gasteiger partial charge >= 0.3 is 0 Å². The average Bonchev–Trinajstić information content (AvgIpc) is 2.39. The van der Waals surface area contributed by atoms with E-state index in [9.17, 15) is 0 Å². The van der Waals surface area contributed by atoms with Gasteiger partial charge in [0.25, 0.3) is 0 Å². The fourth-order valence-corrected chi connectivity index (χ4v) is 3.02. The standard InChI is InChI=1S/C14H28N2O.ClH/c1-2-15-11-13-3-7-16(8-4-13)12-14-5-9-17-10-6-14;/h13-15H,2-12H2,1H3;1H. The molecule has 0 aromatic rings. The van der Waals surface area contributed by atoms with Gasteiger partial charge in [0.2, 0.25) is 0 Å². The summed E-state index contributed by atoms with van der Waals surface area (Å²) in [6, 6.07) is 0. The summed E-state index contributed by atoms with van der Waals surface area (Å²) in [6.45, 7) is 10.4. The molecule has 0 aromatic heterocycles. The zero-order chi connectivity index (χ0) is 11.9. The number of likely N-dealkylation sites (tertiary alicyclic amines) is 1. The number of hydrogen-bond acceptors (Lipinski definition) is 3. The average molecular weight is 277 g/mol. The third-order valence-electron chi connectivity index (χ3n) is 4.25. The lowest BCUT2D eigenvalue weighted by molar-refractivity contribution is 0.0468. The van der Waals surface area contributed by atoms with Crippen molar-refractivity contribution in [2.24, 2.45) is 11.8 Å². The van der Waals surface area contributed by atoms with Crippen LogP contribution >= 0.6 is 12.4 Å². The van der Waals surface area contributed by atoms with Gasteiger partial charge in [0.05, 0.1) is 0 Å². The molecule has 0 radical (unpaired) electrons. The lowest BCUT2D eigenvalue weighted by Gasteiger charge is -2.35. The number of hydrogen-bond donors (Lipinski definition) is 1. The third kappa shape index (κ3) is 5.43. The highest BCUT2D eigenvalue weighted by atomic mass is 35.5. The quantitative estimate of drug-likeness (QED) is 0.833. The molecule has 0 amide bonds. The van der Waals surface area contributed by atoms with Crippen molar-refractivity contribution in [2.45, 2.75) is 32.6 Å². The van der Waals surface area contributed by atoms with Gasteiger partial charge in [-0.15, -0.1) is 12.4 Å². The molecule has 0 saturated carbocycles. The maximum atomic E-state index is 5.42. The van der Waals surface area contributed by atoms with Gasteiger partial charge in [-0.2, -0.15) is 0 Å². The minimum absolute atomic E-state index is 0. The Bertz CT molecular complexity index is 202. The molecule has 0 unspecified atom stereocenters. The van der Waals surface area contributed by atoms with Gasteiger partial charge in [-0.05, 0) is 63.7 Å². The van der Waals surface area contributed by atoms with Crippen LogP contribution in [0.2, 0.25) is 0 Å². The molecule has 2 aliphatic rings. The molecule has 4 heteroatoms. The highest BCUT2D eigenvalue weighted by Gasteiger charge is 2.22. The van der Waals surface area contributed by atoms with E-state index in [0.717, 1.165) is 31.6 Å². The zero-order valence-corrected chi connectivity index (χ0v) is 12.5. The van der Waals surface area contributed by atoms with E-state index in [-0.39, 0.29) is 12.4 Å². The number of nitrogens with one attached hydrogen (secondary N) is 1. The highest BCUT2D eigenvalue weighted by molar-refractivity contribution is 5.85. The van der Waals surface area contributed by atoms with Crippen molar-refractivity contribution >= 4 is 12.4 Å². The summed E-state index contributed by atoms with van der Waals surface area (Å²) < 4.78 is 5.42. The van der Waals surface area contributed by atoms with Crippen LogP contribution in [0.1, 0.15) is 32.6 Å². The number of piperidine rings is 1. The van der Waals surface area contributed by atoms with E-state index in [0.29, 0.717) is 0 Å². The van der Waals surface area contributed by atoms with Crippen molar-refractivity contribution in [1.29, 1.82) is 0 Å². The summed E-state index contributed by atoms with van der Waals surface area (Å²) in [5, 5.41) is 3.48. The van der Waals surface area contributed by atoms with Gasteiger partial charge in [-0.25, -0.2) is 0 Å². The lowest BCUT2D eigenvalue weighted by atomic mass is 9.94. The van der Waals surface area contributed by atoms with Crippen LogP contribution in [0.5, 0.6) is 0 Å². The van der Waals surface area contributed by atoms with Gasteiger partial charge in [-0.1, -0.05) is 6.92 Å². The molecule has 2 fully saturated rings. The van der Waals surface area contributed by atoms with Crippen molar-refractivity contribution in [2.75, 3.05) is 45.9 Å². The summed E-state index contributed by atoms with van der Waals surface area (Å²) in [4.78, 5) is 2.68. The normalized spacial score (nSPS) is 23.8. The van der Waals surface area contributed by atoms with Crippen LogP contribution in [-0.2, 0) is 4.74 Å². The molecular weight excluding hydrogens is 248 g/mol. The minimum atomic E-state index is 0. The van der Waals surface area contributed by atoms with E-state index in [1.807, 2.05) is 0 Å². The second-order valence-electron chi connectivity index (χ2n) is 5.61. The highest BCUT2D eigenvalue weighted by Crippen LogP contribution is 2.21. The summed E-state index contributed by atoms with van der Waals surface area (Å²) >= 11 is 0. The zero-order valence-electron chi connectivity index (χ0n) is 11.7. The van der Waals surface area contributed by atoms with Gasteiger partial charge in [-0.3, -0.25) is 0 Å². The Morgan fingerprint density at radius 3 is 2.33 bits per heavy atom. The van der Waals surface area contributed by atoms with Crippen LogP contribution in [0.4, 0.5) is 0 Å². The molecule has 2 aliphatic heterocycles. The van der Waals surface area contributed by atoms with Gasteiger partial charge in [0.15, 0.2) is 0 Å². The van der Waals surface area contributed by atoms with Crippen LogP contribution in [0.15, 0.2) is 0 Å². The molecule has 0 bridgehead atoms. The third-order valence-corrected chi connectivity index (χ3v) is 4.25. The van der Waals surface area contributed by atoms with Crippen LogP contribution in [0.25, 0.3) is 0 Å². The molecule has 1 N–H and O–H groups in total. The van der Waals surface area contributed by atoms with E-state index < -0.39 is 0 Å². The SMILES string of the molecule is CCNCC1CCN(CC2CCOCC2)CC1.Cl. The molecule has 2 rings (SSSR count). The Hall–Kier alpha value is 0.170. The maximum absolute atomic E-state index is 5.42. The molecule has 0 aromatic carbocycles. The molecule has 2 heterocycles. The molecule has 0 spiro atoms. The smallest absolute Gasteiger partial charge is 0.0469 e. The van der Waals surface area contributed by atoms with E-state index in [4.69, 9.17) is 4.74 Å². The second-order valence-corrected chi connectivity index (χ2v) is 5.61. The molecule has 0 aliphatic carbocycles. The summed E-state index contributed by atoms with van der Waals surface area (Å²) in [5.41, 5.74) is 0. The fraction of sp³-hybridized carbons (Fsp3) is 1.00. The Balaban J connectivity index is 0.00000162. The van der Waals surface area contributed by atoms with E-state index in [1.165, 1.54) is 51.9 Å². The molecule has 2 saturated heterocycles. The Morgan fingerprint density at radius 1 is 1.06 bits per heavy atom. The number of rotatable bonds is 5. The van der Waals surface area contributed by atoms with Gasteiger partial charge in [0, 0.05) is 19.8 Å². The molecule has 108 valence electrons. The van der Waals surface area contributed by atoms with Gasteiger partial charge < -0.3 is 15.0 Å². The second kappa shape index (κ2) is 9.13. The first kappa shape index (κ1) is 16.2. The first-order valence-corrected chi connectivity index (χ1v) is 7.39. The van der Waals surface area contributed by atoms with E-state index in [1.54, 1.807) is 0 Å². The molecular formula is C14H29ClN2O. The summed E-state index contributed by atoms with van der Waals surface area (Å²) in [5.74, 6) is 1.81. The molecule has 3 nitrogen and oxygen atoms in total. The van der Waals surface area contributed by atoms with Crippen LogP contribution in [-0.4, -0.2) is 50.8 Å². The Kier molecular flexibility index (Phi) is 8.23. The van der Waals surface area contributed by atoms with Crippen molar-refractivity contribution in [3.05, 3.63) is 0 Å². The van der Waals surface area contributed by atoms with Crippen molar-refractivity contribution in [3.63, 3.8) is 0 Å². The monoisotopic (exact) mass is 276 g/mol. The van der Waals surface area contributed by atoms with E-state index >= 15 is 0 Å². The van der Waals surface area contributed by atoms with Crippen molar-refractivity contribution < 1.29 is 4.74 Å². The number of halogens is 1. The fourth-order valence-electron chi connectivity index (χ4n) is 3.02.